The lowest BCUT2D eigenvalue weighted by atomic mass is 9.85. The molecule has 2 amide bonds. The number of hydrogen-bond donors (Lipinski definition) is 0. The lowest BCUT2D eigenvalue weighted by Gasteiger charge is -2.36. The first-order valence-electron chi connectivity index (χ1n) is 12.7. The molecule has 3 unspecified atom stereocenters. The minimum atomic E-state index is -1.39. The number of rotatable bonds is 3. The van der Waals surface area contributed by atoms with Gasteiger partial charge >= 0.3 is 0 Å². The van der Waals surface area contributed by atoms with Gasteiger partial charge in [-0.2, -0.15) is 0 Å². The van der Waals surface area contributed by atoms with Crippen molar-refractivity contribution in [1.29, 1.82) is 0 Å². The second-order valence-corrected chi connectivity index (χ2v) is 10.3. The molecular formula is C26H35F2N3O2. The minimum absolute atomic E-state index is 0.0926. The fourth-order valence-corrected chi connectivity index (χ4v) is 5.89. The van der Waals surface area contributed by atoms with Gasteiger partial charge in [0.15, 0.2) is 0 Å². The highest BCUT2D eigenvalue weighted by Gasteiger charge is 2.38. The van der Waals surface area contributed by atoms with Crippen molar-refractivity contribution in [3.63, 3.8) is 0 Å². The molecule has 1 aromatic carbocycles. The Morgan fingerprint density at radius 3 is 2.45 bits per heavy atom. The van der Waals surface area contributed by atoms with E-state index in [0.717, 1.165) is 49.3 Å². The van der Waals surface area contributed by atoms with E-state index in [4.69, 9.17) is 0 Å². The number of amides is 2. The molecular weight excluding hydrogens is 424 g/mol. The highest BCUT2D eigenvalue weighted by Crippen LogP contribution is 2.32. The number of hydrogen-bond acceptors (Lipinski definition) is 3. The lowest BCUT2D eigenvalue weighted by Crippen LogP contribution is -2.44. The zero-order valence-electron chi connectivity index (χ0n) is 19.4. The highest BCUT2D eigenvalue weighted by atomic mass is 19.1. The Morgan fingerprint density at radius 1 is 0.848 bits per heavy atom. The van der Waals surface area contributed by atoms with Crippen LogP contribution in [0.25, 0.3) is 0 Å². The largest absolute Gasteiger partial charge is 0.338 e. The van der Waals surface area contributed by atoms with Gasteiger partial charge in [-0.05, 0) is 61.8 Å². The van der Waals surface area contributed by atoms with Crippen molar-refractivity contribution in [3.8, 4) is 0 Å². The van der Waals surface area contributed by atoms with E-state index in [2.05, 4.69) is 4.90 Å². The number of benzene rings is 1. The molecule has 2 saturated carbocycles. The highest BCUT2D eigenvalue weighted by molar-refractivity contribution is 5.94. The molecule has 1 saturated heterocycles. The Bertz CT molecular complexity index is 890. The van der Waals surface area contributed by atoms with Crippen LogP contribution in [0.2, 0.25) is 0 Å². The second-order valence-electron chi connectivity index (χ2n) is 10.3. The van der Waals surface area contributed by atoms with Crippen LogP contribution in [0.4, 0.5) is 8.78 Å². The molecule has 5 rings (SSSR count). The molecule has 2 aliphatic carbocycles. The van der Waals surface area contributed by atoms with E-state index in [1.54, 1.807) is 4.90 Å². The van der Waals surface area contributed by atoms with Crippen LogP contribution < -0.4 is 0 Å². The molecule has 1 aromatic rings. The van der Waals surface area contributed by atoms with Crippen molar-refractivity contribution < 1.29 is 18.4 Å². The Balaban J connectivity index is 1.21. The third kappa shape index (κ3) is 4.79. The fourth-order valence-electron chi connectivity index (χ4n) is 5.89. The summed E-state index contributed by atoms with van der Waals surface area (Å²) in [6.07, 6.45) is 3.45. The predicted octanol–water partition coefficient (Wildman–Crippen LogP) is 3.75. The Kier molecular flexibility index (Phi) is 6.68. The molecule has 0 aromatic heterocycles. The van der Waals surface area contributed by atoms with E-state index in [1.807, 2.05) is 23.1 Å². The number of nitrogens with zero attached hydrogens (tertiary/aromatic N) is 3. The van der Waals surface area contributed by atoms with E-state index >= 15 is 0 Å². The molecule has 0 bridgehead atoms. The SMILES string of the molecule is O=C(c1ccc2c(c1)CCN(C(=O)C1CCC(F)CC1F)C2)N1CCCN(C2CCC2)CC1. The maximum absolute atomic E-state index is 14.3. The normalized spacial score (nSPS) is 29.2. The van der Waals surface area contributed by atoms with Crippen LogP contribution in [-0.4, -0.2) is 77.6 Å². The van der Waals surface area contributed by atoms with Crippen LogP contribution in [0.1, 0.15) is 66.4 Å². The molecule has 3 fully saturated rings. The molecule has 3 atom stereocenters. The van der Waals surface area contributed by atoms with E-state index in [0.29, 0.717) is 25.6 Å². The van der Waals surface area contributed by atoms with E-state index in [1.165, 1.54) is 19.3 Å². The van der Waals surface area contributed by atoms with Crippen LogP contribution in [0.5, 0.6) is 0 Å². The Labute approximate surface area is 195 Å². The molecule has 2 heterocycles. The van der Waals surface area contributed by atoms with Crippen molar-refractivity contribution >= 4 is 11.8 Å². The summed E-state index contributed by atoms with van der Waals surface area (Å²) in [6.45, 7) is 4.57. The third-order valence-corrected chi connectivity index (χ3v) is 8.21. The average molecular weight is 460 g/mol. The topological polar surface area (TPSA) is 43.9 Å². The van der Waals surface area contributed by atoms with Crippen molar-refractivity contribution in [2.24, 2.45) is 5.92 Å². The van der Waals surface area contributed by atoms with Gasteiger partial charge in [-0.25, -0.2) is 8.78 Å². The van der Waals surface area contributed by atoms with Crippen LogP contribution in [0, 0.1) is 5.92 Å². The smallest absolute Gasteiger partial charge is 0.253 e. The first-order chi connectivity index (χ1) is 16.0. The summed E-state index contributed by atoms with van der Waals surface area (Å²) in [5.41, 5.74) is 2.84. The van der Waals surface area contributed by atoms with E-state index in [-0.39, 0.29) is 31.1 Å². The molecule has 7 heteroatoms. The van der Waals surface area contributed by atoms with Gasteiger partial charge < -0.3 is 9.80 Å². The summed E-state index contributed by atoms with van der Waals surface area (Å²) in [5, 5.41) is 0. The van der Waals surface area contributed by atoms with Crippen molar-refractivity contribution in [3.05, 3.63) is 34.9 Å². The lowest BCUT2D eigenvalue weighted by molar-refractivity contribution is -0.140. The van der Waals surface area contributed by atoms with Gasteiger partial charge in [-0.3, -0.25) is 14.5 Å². The summed E-state index contributed by atoms with van der Waals surface area (Å²) in [7, 11) is 0. The average Bonchev–Trinajstić information content (AvgIpc) is 3.02. The maximum atomic E-state index is 14.3. The standard InChI is InChI=1S/C26H35F2N3O2/c27-21-7-8-23(24(28)16-21)26(33)31-12-9-18-15-19(5-6-20(18)17-31)25(32)30-11-2-10-29(13-14-30)22-3-1-4-22/h5-6,15,21-24H,1-4,7-14,16-17H2. The molecule has 2 aliphatic heterocycles. The van der Waals surface area contributed by atoms with Gasteiger partial charge in [0.05, 0.1) is 5.92 Å². The zero-order valence-corrected chi connectivity index (χ0v) is 19.4. The van der Waals surface area contributed by atoms with Crippen LogP contribution in [0.3, 0.4) is 0 Å². The quantitative estimate of drug-likeness (QED) is 0.692. The van der Waals surface area contributed by atoms with Crippen molar-refractivity contribution in [2.75, 3.05) is 32.7 Å². The number of carbonyl (C=O) groups is 2. The van der Waals surface area contributed by atoms with Gasteiger partial charge in [0, 0.05) is 57.3 Å². The number of fused-ring (bicyclic) bond motifs is 1. The summed E-state index contributed by atoms with van der Waals surface area (Å²) >= 11 is 0. The predicted molar refractivity (Wildman–Crippen MR) is 122 cm³/mol. The van der Waals surface area contributed by atoms with E-state index < -0.39 is 18.3 Å². The molecule has 0 spiro atoms. The molecule has 4 aliphatic rings. The minimum Gasteiger partial charge on any atom is -0.338 e. The number of carbonyl (C=O) groups excluding carboxylic acids is 2. The summed E-state index contributed by atoms with van der Waals surface area (Å²) in [5.74, 6) is -0.822. The summed E-state index contributed by atoms with van der Waals surface area (Å²) < 4.78 is 27.8. The van der Waals surface area contributed by atoms with Crippen LogP contribution >= 0.6 is 0 Å². The van der Waals surface area contributed by atoms with Gasteiger partial charge in [0.25, 0.3) is 5.91 Å². The molecule has 5 nitrogen and oxygen atoms in total. The van der Waals surface area contributed by atoms with Crippen molar-refractivity contribution in [2.45, 2.75) is 76.3 Å². The van der Waals surface area contributed by atoms with Gasteiger partial charge in [-0.15, -0.1) is 0 Å². The molecule has 180 valence electrons. The molecule has 0 N–H and O–H groups in total. The molecule has 33 heavy (non-hydrogen) atoms. The first-order valence-corrected chi connectivity index (χ1v) is 12.7. The van der Waals surface area contributed by atoms with Gasteiger partial charge in [-0.1, -0.05) is 12.5 Å². The number of halogens is 2. The van der Waals surface area contributed by atoms with Crippen molar-refractivity contribution in [1.82, 2.24) is 14.7 Å². The summed E-state index contributed by atoms with van der Waals surface area (Å²) in [4.78, 5) is 32.4. The van der Waals surface area contributed by atoms with Gasteiger partial charge in [0.2, 0.25) is 5.91 Å². The Hall–Kier alpha value is -2.02. The third-order valence-electron chi connectivity index (χ3n) is 8.21. The van der Waals surface area contributed by atoms with Crippen LogP contribution in [-0.2, 0) is 17.8 Å². The molecule has 0 radical (unpaired) electrons. The number of alkyl halides is 2. The fraction of sp³-hybridized carbons (Fsp3) is 0.692. The monoisotopic (exact) mass is 459 g/mol. The Morgan fingerprint density at radius 2 is 1.70 bits per heavy atom. The van der Waals surface area contributed by atoms with E-state index in [9.17, 15) is 18.4 Å². The first kappa shape index (κ1) is 22.8. The maximum Gasteiger partial charge on any atom is 0.253 e. The van der Waals surface area contributed by atoms with Crippen LogP contribution in [0.15, 0.2) is 18.2 Å². The second kappa shape index (κ2) is 9.69. The zero-order chi connectivity index (χ0) is 22.9. The van der Waals surface area contributed by atoms with Gasteiger partial charge in [0.1, 0.15) is 12.3 Å². The summed E-state index contributed by atoms with van der Waals surface area (Å²) in [6, 6.07) is 6.52.